The minimum absolute atomic E-state index is 0.873. The van der Waals surface area contributed by atoms with Crippen molar-refractivity contribution in [2.75, 3.05) is 14.1 Å². The van der Waals surface area contributed by atoms with E-state index in [4.69, 9.17) is 0 Å². The van der Waals surface area contributed by atoms with Gasteiger partial charge in [0.15, 0.2) is 0 Å². The lowest BCUT2D eigenvalue weighted by molar-refractivity contribution is 0.315. The molecule has 1 N–H and O–H groups in total. The van der Waals surface area contributed by atoms with Crippen molar-refractivity contribution >= 4 is 11.3 Å². The zero-order valence-electron chi connectivity index (χ0n) is 10.9. The Balaban J connectivity index is 1.88. The second-order valence-corrected chi connectivity index (χ2v) is 5.27. The van der Waals surface area contributed by atoms with Crippen LogP contribution in [0.15, 0.2) is 35.2 Å². The molecule has 0 atom stereocenters. The maximum Gasteiger partial charge on any atom is 0.0544 e. The molecule has 0 spiro atoms. The molecule has 0 aliphatic heterocycles. The molecule has 0 unspecified atom stereocenters. The molecule has 2 rings (SSSR count). The van der Waals surface area contributed by atoms with Crippen molar-refractivity contribution in [2.24, 2.45) is 0 Å². The highest BCUT2D eigenvalue weighted by atomic mass is 32.1. The zero-order chi connectivity index (χ0) is 12.8. The van der Waals surface area contributed by atoms with Crippen LogP contribution in [0.4, 0.5) is 0 Å². The molecule has 0 aliphatic rings. The van der Waals surface area contributed by atoms with Crippen LogP contribution < -0.4 is 5.32 Å². The van der Waals surface area contributed by atoms with Crippen molar-refractivity contribution in [2.45, 2.75) is 19.6 Å². The summed E-state index contributed by atoms with van der Waals surface area (Å²) in [5.74, 6) is 0. The van der Waals surface area contributed by atoms with E-state index in [1.807, 2.05) is 13.2 Å². The number of pyridine rings is 1. The van der Waals surface area contributed by atoms with E-state index in [9.17, 15) is 0 Å². The molecule has 0 fully saturated rings. The first-order valence-electron chi connectivity index (χ1n) is 6.06. The van der Waals surface area contributed by atoms with E-state index >= 15 is 0 Å². The van der Waals surface area contributed by atoms with Gasteiger partial charge in [0.2, 0.25) is 0 Å². The number of thiophene rings is 1. The topological polar surface area (TPSA) is 28.2 Å². The van der Waals surface area contributed by atoms with Crippen LogP contribution in [0.3, 0.4) is 0 Å². The number of hydrogen-bond donors (Lipinski definition) is 1. The predicted molar refractivity (Wildman–Crippen MR) is 76.5 cm³/mol. The lowest BCUT2D eigenvalue weighted by Crippen LogP contribution is -2.17. The Kier molecular flexibility index (Phi) is 4.87. The summed E-state index contributed by atoms with van der Waals surface area (Å²) in [4.78, 5) is 6.77. The van der Waals surface area contributed by atoms with E-state index in [0.717, 1.165) is 25.3 Å². The van der Waals surface area contributed by atoms with Gasteiger partial charge in [-0.1, -0.05) is 6.07 Å². The third-order valence-corrected chi connectivity index (χ3v) is 3.46. The third-order valence-electron chi connectivity index (χ3n) is 2.73. The van der Waals surface area contributed by atoms with Crippen LogP contribution in [0, 0.1) is 0 Å². The van der Waals surface area contributed by atoms with Crippen LogP contribution in [0.5, 0.6) is 0 Å². The fraction of sp³-hybridized carbons (Fsp3) is 0.357. The molecule has 3 nitrogen and oxygen atoms in total. The number of nitrogens with zero attached hydrogens (tertiary/aromatic N) is 2. The summed E-state index contributed by atoms with van der Waals surface area (Å²) in [6.07, 6.45) is 1.95. The van der Waals surface area contributed by atoms with Crippen LogP contribution in [0.2, 0.25) is 0 Å². The Hall–Kier alpha value is -1.23. The van der Waals surface area contributed by atoms with E-state index in [-0.39, 0.29) is 0 Å². The molecule has 0 amide bonds. The summed E-state index contributed by atoms with van der Waals surface area (Å²) in [6.45, 7) is 2.73. The van der Waals surface area contributed by atoms with Gasteiger partial charge in [0.05, 0.1) is 5.69 Å². The van der Waals surface area contributed by atoms with E-state index in [1.54, 1.807) is 11.3 Å². The van der Waals surface area contributed by atoms with Crippen LogP contribution >= 0.6 is 11.3 Å². The molecule has 18 heavy (non-hydrogen) atoms. The first-order valence-corrected chi connectivity index (χ1v) is 7.00. The van der Waals surface area contributed by atoms with Crippen molar-refractivity contribution in [3.05, 3.63) is 52.0 Å². The molecule has 4 heteroatoms. The fourth-order valence-corrected chi connectivity index (χ4v) is 2.54. The average Bonchev–Trinajstić information content (AvgIpc) is 2.84. The maximum absolute atomic E-state index is 4.49. The summed E-state index contributed by atoms with van der Waals surface area (Å²) >= 11 is 1.75. The fourth-order valence-electron chi connectivity index (χ4n) is 1.88. The standard InChI is InChI=1S/C14H19N3S/c1-15-7-12-3-4-14(16-8-12)10-17(2)9-13-5-6-18-11-13/h3-6,8,11,15H,7,9-10H2,1-2H3. The average molecular weight is 261 g/mol. The quantitative estimate of drug-likeness (QED) is 0.866. The van der Waals surface area contributed by atoms with Crippen molar-refractivity contribution in [1.29, 1.82) is 0 Å². The highest BCUT2D eigenvalue weighted by Crippen LogP contribution is 2.10. The van der Waals surface area contributed by atoms with Gasteiger partial charge in [-0.3, -0.25) is 9.88 Å². The van der Waals surface area contributed by atoms with Gasteiger partial charge in [-0.05, 0) is 48.1 Å². The van der Waals surface area contributed by atoms with Crippen molar-refractivity contribution < 1.29 is 0 Å². The van der Waals surface area contributed by atoms with Crippen LogP contribution in [-0.4, -0.2) is 24.0 Å². The van der Waals surface area contributed by atoms with Gasteiger partial charge in [0.1, 0.15) is 0 Å². The Bertz CT molecular complexity index is 450. The van der Waals surface area contributed by atoms with Crippen LogP contribution in [0.25, 0.3) is 0 Å². The van der Waals surface area contributed by atoms with Crippen molar-refractivity contribution in [3.63, 3.8) is 0 Å². The van der Waals surface area contributed by atoms with Gasteiger partial charge < -0.3 is 5.32 Å². The molecule has 0 aromatic carbocycles. The SMILES string of the molecule is CNCc1ccc(CN(C)Cc2ccsc2)nc1. The van der Waals surface area contributed by atoms with E-state index in [2.05, 4.69) is 51.2 Å². The lowest BCUT2D eigenvalue weighted by Gasteiger charge is -2.15. The highest BCUT2D eigenvalue weighted by Gasteiger charge is 2.03. The molecule has 0 saturated heterocycles. The Morgan fingerprint density at radius 3 is 2.72 bits per heavy atom. The maximum atomic E-state index is 4.49. The zero-order valence-corrected chi connectivity index (χ0v) is 11.7. The molecule has 96 valence electrons. The van der Waals surface area contributed by atoms with E-state index < -0.39 is 0 Å². The molecule has 0 bridgehead atoms. The van der Waals surface area contributed by atoms with E-state index in [0.29, 0.717) is 0 Å². The number of nitrogens with one attached hydrogen (secondary N) is 1. The smallest absolute Gasteiger partial charge is 0.0544 e. The molecular formula is C14H19N3S. The predicted octanol–water partition coefficient (Wildman–Crippen LogP) is 2.49. The monoisotopic (exact) mass is 261 g/mol. The Labute approximate surface area is 112 Å². The molecule has 0 saturated carbocycles. The second kappa shape index (κ2) is 6.64. The third kappa shape index (κ3) is 3.91. The summed E-state index contributed by atoms with van der Waals surface area (Å²) in [5, 5.41) is 7.44. The molecular weight excluding hydrogens is 242 g/mol. The summed E-state index contributed by atoms with van der Waals surface area (Å²) in [6, 6.07) is 6.42. The largest absolute Gasteiger partial charge is 0.316 e. The minimum atomic E-state index is 0.873. The summed E-state index contributed by atoms with van der Waals surface area (Å²) in [5.41, 5.74) is 3.71. The Morgan fingerprint density at radius 1 is 1.22 bits per heavy atom. The van der Waals surface area contributed by atoms with Crippen LogP contribution in [0.1, 0.15) is 16.8 Å². The molecule has 0 radical (unpaired) electrons. The van der Waals surface area contributed by atoms with Crippen molar-refractivity contribution in [3.8, 4) is 0 Å². The minimum Gasteiger partial charge on any atom is -0.316 e. The van der Waals surface area contributed by atoms with Gasteiger partial charge in [-0.15, -0.1) is 0 Å². The first-order chi connectivity index (χ1) is 8.78. The number of hydrogen-bond acceptors (Lipinski definition) is 4. The Morgan fingerprint density at radius 2 is 2.11 bits per heavy atom. The van der Waals surface area contributed by atoms with Gasteiger partial charge in [0, 0.05) is 25.8 Å². The second-order valence-electron chi connectivity index (χ2n) is 4.49. The summed E-state index contributed by atoms with van der Waals surface area (Å²) < 4.78 is 0. The molecule has 2 heterocycles. The van der Waals surface area contributed by atoms with Crippen molar-refractivity contribution in [1.82, 2.24) is 15.2 Å². The number of aromatic nitrogens is 1. The normalized spacial score (nSPS) is 11.1. The molecule has 2 aromatic rings. The molecule has 2 aromatic heterocycles. The molecule has 0 aliphatic carbocycles. The summed E-state index contributed by atoms with van der Waals surface area (Å²) in [7, 11) is 4.07. The highest BCUT2D eigenvalue weighted by molar-refractivity contribution is 7.07. The lowest BCUT2D eigenvalue weighted by atomic mass is 10.2. The van der Waals surface area contributed by atoms with Gasteiger partial charge in [-0.25, -0.2) is 0 Å². The number of rotatable bonds is 6. The van der Waals surface area contributed by atoms with Gasteiger partial charge >= 0.3 is 0 Å². The van der Waals surface area contributed by atoms with Gasteiger partial charge in [0.25, 0.3) is 0 Å². The van der Waals surface area contributed by atoms with Gasteiger partial charge in [-0.2, -0.15) is 11.3 Å². The first kappa shape index (κ1) is 13.2. The van der Waals surface area contributed by atoms with E-state index in [1.165, 1.54) is 11.1 Å². The van der Waals surface area contributed by atoms with Crippen LogP contribution in [-0.2, 0) is 19.6 Å².